The number of carbonyl (C=O) groups excluding carboxylic acids is 2. The zero-order valence-corrected chi connectivity index (χ0v) is 9.57. The number of hydrogen-bond donors (Lipinski definition) is 0. The van der Waals surface area contributed by atoms with Gasteiger partial charge in [-0.3, -0.25) is 14.9 Å². The third kappa shape index (κ3) is 3.55. The van der Waals surface area contributed by atoms with Gasteiger partial charge >= 0.3 is 12.2 Å². The molecule has 0 aliphatic rings. The van der Waals surface area contributed by atoms with Gasteiger partial charge in [-0.1, -0.05) is 0 Å². The molecule has 0 spiro atoms. The van der Waals surface area contributed by atoms with Crippen LogP contribution in [0.15, 0.2) is 24.3 Å². The molecule has 1 unspecified atom stereocenters. The van der Waals surface area contributed by atoms with Gasteiger partial charge in [-0.2, -0.15) is 0 Å². The molecule has 0 amide bonds. The lowest BCUT2D eigenvalue weighted by molar-refractivity contribution is -0.548. The molecular formula is C11H11NO6. The molecule has 96 valence electrons. The van der Waals surface area contributed by atoms with E-state index in [4.69, 9.17) is 4.74 Å². The van der Waals surface area contributed by atoms with Crippen molar-refractivity contribution in [2.24, 2.45) is 0 Å². The summed E-state index contributed by atoms with van der Waals surface area (Å²) in [5, 5.41) is 10.7. The lowest BCUT2D eigenvalue weighted by Crippen LogP contribution is -2.36. The minimum atomic E-state index is -1.91. The van der Waals surface area contributed by atoms with Crippen molar-refractivity contribution in [1.82, 2.24) is 0 Å². The Morgan fingerprint density at radius 2 is 2.06 bits per heavy atom. The van der Waals surface area contributed by atoms with Crippen LogP contribution in [0.1, 0.15) is 17.3 Å². The summed E-state index contributed by atoms with van der Waals surface area (Å²) in [4.78, 5) is 31.5. The van der Waals surface area contributed by atoms with Crippen molar-refractivity contribution < 1.29 is 24.0 Å². The quantitative estimate of drug-likeness (QED) is 0.247. The van der Waals surface area contributed by atoms with Gasteiger partial charge in [0.15, 0.2) is 0 Å². The number of ether oxygens (including phenoxy) is 2. The topological polar surface area (TPSA) is 95.7 Å². The van der Waals surface area contributed by atoms with Crippen molar-refractivity contribution >= 4 is 12.3 Å². The first-order chi connectivity index (χ1) is 8.58. The SMILES string of the molecule is CCOC(=O)C(Oc1ccc(C=O)cc1)[N+](=O)[O-]. The molecule has 1 atom stereocenters. The number of hydrogen-bond acceptors (Lipinski definition) is 6. The van der Waals surface area contributed by atoms with E-state index in [2.05, 4.69) is 4.74 Å². The highest BCUT2D eigenvalue weighted by atomic mass is 16.7. The van der Waals surface area contributed by atoms with Gasteiger partial charge < -0.3 is 9.47 Å². The van der Waals surface area contributed by atoms with Crippen LogP contribution in [-0.2, 0) is 9.53 Å². The highest BCUT2D eigenvalue weighted by Gasteiger charge is 2.33. The van der Waals surface area contributed by atoms with Crippen LogP contribution in [0.25, 0.3) is 0 Å². The van der Waals surface area contributed by atoms with Crippen LogP contribution < -0.4 is 4.74 Å². The van der Waals surface area contributed by atoms with Gasteiger partial charge in [-0.05, 0) is 31.2 Å². The zero-order valence-electron chi connectivity index (χ0n) is 9.57. The smallest absolute Gasteiger partial charge is 0.452 e. The number of rotatable bonds is 6. The van der Waals surface area contributed by atoms with Crippen molar-refractivity contribution in [3.8, 4) is 5.75 Å². The molecule has 0 aromatic heterocycles. The fourth-order valence-corrected chi connectivity index (χ4v) is 1.14. The predicted molar refractivity (Wildman–Crippen MR) is 59.9 cm³/mol. The molecule has 0 aliphatic carbocycles. The Kier molecular flexibility index (Phi) is 4.79. The Morgan fingerprint density at radius 3 is 2.50 bits per heavy atom. The second kappa shape index (κ2) is 6.33. The third-order valence-corrected chi connectivity index (χ3v) is 1.94. The van der Waals surface area contributed by atoms with E-state index < -0.39 is 17.1 Å². The van der Waals surface area contributed by atoms with Gasteiger partial charge in [-0.15, -0.1) is 0 Å². The number of nitrogens with zero attached hydrogens (tertiary/aromatic N) is 1. The average molecular weight is 253 g/mol. The molecule has 1 rings (SSSR count). The number of benzene rings is 1. The molecule has 7 nitrogen and oxygen atoms in total. The average Bonchev–Trinajstić information content (AvgIpc) is 2.36. The first kappa shape index (κ1) is 13.6. The van der Waals surface area contributed by atoms with Gasteiger partial charge in [0.2, 0.25) is 0 Å². The molecule has 18 heavy (non-hydrogen) atoms. The zero-order chi connectivity index (χ0) is 13.5. The monoisotopic (exact) mass is 253 g/mol. The van der Waals surface area contributed by atoms with Gasteiger partial charge in [0.25, 0.3) is 0 Å². The van der Waals surface area contributed by atoms with E-state index >= 15 is 0 Å². The third-order valence-electron chi connectivity index (χ3n) is 1.94. The van der Waals surface area contributed by atoms with E-state index in [1.165, 1.54) is 31.2 Å². The minimum Gasteiger partial charge on any atom is -0.458 e. The lowest BCUT2D eigenvalue weighted by atomic mass is 10.2. The normalized spacial score (nSPS) is 11.4. The lowest BCUT2D eigenvalue weighted by Gasteiger charge is -2.10. The van der Waals surface area contributed by atoms with Crippen molar-refractivity contribution in [2.45, 2.75) is 13.2 Å². The number of aldehydes is 1. The van der Waals surface area contributed by atoms with Crippen LogP contribution in [0.3, 0.4) is 0 Å². The summed E-state index contributed by atoms with van der Waals surface area (Å²) in [5.41, 5.74) is 0.399. The fraction of sp³-hybridized carbons (Fsp3) is 0.273. The van der Waals surface area contributed by atoms with Crippen molar-refractivity contribution in [1.29, 1.82) is 0 Å². The summed E-state index contributed by atoms with van der Waals surface area (Å²) >= 11 is 0. The summed E-state index contributed by atoms with van der Waals surface area (Å²) < 4.78 is 9.42. The van der Waals surface area contributed by atoms with Crippen LogP contribution in [0.5, 0.6) is 5.75 Å². The van der Waals surface area contributed by atoms with Gasteiger partial charge in [0.1, 0.15) is 12.0 Å². The Labute approximate surface area is 102 Å². The maximum atomic E-state index is 11.3. The standard InChI is InChI=1S/C11H11NO6/c1-2-17-11(14)10(12(15)16)18-9-5-3-8(7-13)4-6-9/h3-7,10H,2H2,1H3. The number of nitro groups is 1. The maximum Gasteiger partial charge on any atom is 0.452 e. The van der Waals surface area contributed by atoms with Crippen molar-refractivity contribution in [2.75, 3.05) is 6.61 Å². The molecule has 1 aromatic carbocycles. The molecule has 0 saturated carbocycles. The Bertz CT molecular complexity index is 441. The van der Waals surface area contributed by atoms with Crippen molar-refractivity contribution in [3.05, 3.63) is 39.9 Å². The van der Waals surface area contributed by atoms with E-state index in [1.807, 2.05) is 0 Å². The predicted octanol–water partition coefficient (Wildman–Crippen LogP) is 1.04. The van der Waals surface area contributed by atoms with Crippen molar-refractivity contribution in [3.63, 3.8) is 0 Å². The molecule has 0 radical (unpaired) electrons. The second-order valence-electron chi connectivity index (χ2n) is 3.19. The summed E-state index contributed by atoms with van der Waals surface area (Å²) in [7, 11) is 0. The summed E-state index contributed by atoms with van der Waals surface area (Å²) in [6, 6.07) is 5.56. The number of esters is 1. The van der Waals surface area contributed by atoms with Gasteiger partial charge in [0.05, 0.1) is 11.5 Å². The highest BCUT2D eigenvalue weighted by molar-refractivity contribution is 5.75. The van der Waals surface area contributed by atoms with E-state index in [0.29, 0.717) is 11.8 Å². The first-order valence-corrected chi connectivity index (χ1v) is 5.10. The molecule has 0 heterocycles. The molecule has 0 fully saturated rings. The van der Waals surface area contributed by atoms with Crippen LogP contribution in [-0.4, -0.2) is 30.0 Å². The van der Waals surface area contributed by atoms with E-state index in [-0.39, 0.29) is 12.4 Å². The van der Waals surface area contributed by atoms with Crippen LogP contribution in [0.4, 0.5) is 0 Å². The fourth-order valence-electron chi connectivity index (χ4n) is 1.14. The van der Waals surface area contributed by atoms with E-state index in [0.717, 1.165) is 0 Å². The van der Waals surface area contributed by atoms with E-state index in [1.54, 1.807) is 0 Å². The van der Waals surface area contributed by atoms with E-state index in [9.17, 15) is 19.7 Å². The minimum absolute atomic E-state index is 0.0244. The second-order valence-corrected chi connectivity index (χ2v) is 3.19. The van der Waals surface area contributed by atoms with Crippen LogP contribution >= 0.6 is 0 Å². The summed E-state index contributed by atoms with van der Waals surface area (Å²) in [6.07, 6.45) is -1.29. The summed E-state index contributed by atoms with van der Waals surface area (Å²) in [6.45, 7) is 1.56. The van der Waals surface area contributed by atoms with Gasteiger partial charge in [0, 0.05) is 5.56 Å². The van der Waals surface area contributed by atoms with Gasteiger partial charge in [-0.25, -0.2) is 4.79 Å². The highest BCUT2D eigenvalue weighted by Crippen LogP contribution is 2.14. The molecule has 0 aliphatic heterocycles. The molecule has 7 heteroatoms. The first-order valence-electron chi connectivity index (χ1n) is 5.10. The molecule has 1 aromatic rings. The molecule has 0 bridgehead atoms. The Hall–Kier alpha value is -2.44. The van der Waals surface area contributed by atoms with Crippen LogP contribution in [0.2, 0.25) is 0 Å². The maximum absolute atomic E-state index is 11.3. The molecule has 0 saturated heterocycles. The molecule has 0 N–H and O–H groups in total. The number of carbonyl (C=O) groups is 2. The van der Waals surface area contributed by atoms with Crippen LogP contribution in [0, 0.1) is 10.1 Å². The Morgan fingerprint density at radius 1 is 1.44 bits per heavy atom. The largest absolute Gasteiger partial charge is 0.458 e. The summed E-state index contributed by atoms with van der Waals surface area (Å²) in [5.74, 6) is -0.961. The molecular weight excluding hydrogens is 242 g/mol. The Balaban J connectivity index is 2.79.